The molecule has 1 aliphatic rings. The van der Waals surface area contributed by atoms with E-state index >= 15 is 0 Å². The second kappa shape index (κ2) is 9.05. The predicted octanol–water partition coefficient (Wildman–Crippen LogP) is 2.13. The van der Waals surface area contributed by atoms with Crippen molar-refractivity contribution in [1.29, 1.82) is 0 Å². The van der Waals surface area contributed by atoms with E-state index < -0.39 is 6.03 Å². The number of amides is 4. The van der Waals surface area contributed by atoms with E-state index in [0.717, 1.165) is 18.4 Å². The number of carbonyl (C=O) groups excluding carboxylic acids is 3. The van der Waals surface area contributed by atoms with Gasteiger partial charge in [-0.3, -0.25) is 14.9 Å². The first-order chi connectivity index (χ1) is 11.6. The Balaban J connectivity index is 1.96. The van der Waals surface area contributed by atoms with Gasteiger partial charge in [-0.1, -0.05) is 50.1 Å². The molecule has 2 rings (SSSR count). The van der Waals surface area contributed by atoms with Gasteiger partial charge in [0, 0.05) is 6.54 Å². The van der Waals surface area contributed by atoms with Crippen LogP contribution in [0.4, 0.5) is 4.79 Å². The standard InChI is InChI=1S/C18H25N3O3/c1-13(11-19-18(24)20-12-22)17(23)21-16(15-9-5-6-10-15)14-7-3-2-4-8-14/h2-4,7-8,12-13,15-16H,5-6,9-11H2,1H3,(H,21,23)(H2,19,20,22,24)/t13-,16?/m0/s1. The van der Waals surface area contributed by atoms with E-state index in [1.54, 1.807) is 6.92 Å². The van der Waals surface area contributed by atoms with Gasteiger partial charge in [0.15, 0.2) is 0 Å². The van der Waals surface area contributed by atoms with E-state index in [2.05, 4.69) is 10.6 Å². The van der Waals surface area contributed by atoms with Crippen molar-refractivity contribution in [2.45, 2.75) is 38.6 Å². The molecule has 1 unspecified atom stereocenters. The highest BCUT2D eigenvalue weighted by molar-refractivity contribution is 5.85. The van der Waals surface area contributed by atoms with Crippen molar-refractivity contribution in [3.05, 3.63) is 35.9 Å². The molecule has 1 aromatic carbocycles. The van der Waals surface area contributed by atoms with E-state index in [0.29, 0.717) is 12.3 Å². The first-order valence-corrected chi connectivity index (χ1v) is 8.45. The lowest BCUT2D eigenvalue weighted by Crippen LogP contribution is -2.43. The molecule has 0 aliphatic heterocycles. The van der Waals surface area contributed by atoms with Crippen LogP contribution >= 0.6 is 0 Å². The number of nitrogens with one attached hydrogen (secondary N) is 3. The van der Waals surface area contributed by atoms with Crippen LogP contribution in [0.15, 0.2) is 30.3 Å². The lowest BCUT2D eigenvalue weighted by Gasteiger charge is -2.27. The highest BCUT2D eigenvalue weighted by Gasteiger charge is 2.28. The Morgan fingerprint density at radius 3 is 2.50 bits per heavy atom. The number of hydrogen-bond donors (Lipinski definition) is 3. The number of benzene rings is 1. The van der Waals surface area contributed by atoms with Gasteiger partial charge in [0.25, 0.3) is 0 Å². The quantitative estimate of drug-likeness (QED) is 0.669. The summed E-state index contributed by atoms with van der Waals surface area (Å²) in [4.78, 5) is 33.9. The fourth-order valence-electron chi connectivity index (χ4n) is 3.16. The highest BCUT2D eigenvalue weighted by atomic mass is 16.2. The molecule has 0 bridgehead atoms. The summed E-state index contributed by atoms with van der Waals surface area (Å²) in [5, 5.41) is 7.64. The van der Waals surface area contributed by atoms with Gasteiger partial charge in [-0.2, -0.15) is 0 Å². The van der Waals surface area contributed by atoms with Crippen molar-refractivity contribution >= 4 is 18.3 Å². The summed E-state index contributed by atoms with van der Waals surface area (Å²) in [7, 11) is 0. The van der Waals surface area contributed by atoms with Crippen molar-refractivity contribution in [3.63, 3.8) is 0 Å². The molecule has 4 amide bonds. The lowest BCUT2D eigenvalue weighted by atomic mass is 9.91. The van der Waals surface area contributed by atoms with Gasteiger partial charge >= 0.3 is 6.03 Å². The molecule has 1 saturated carbocycles. The molecule has 0 radical (unpaired) electrons. The number of imide groups is 1. The van der Waals surface area contributed by atoms with Gasteiger partial charge in [0.2, 0.25) is 12.3 Å². The van der Waals surface area contributed by atoms with Gasteiger partial charge in [0.1, 0.15) is 0 Å². The molecule has 0 spiro atoms. The van der Waals surface area contributed by atoms with E-state index in [9.17, 15) is 14.4 Å². The summed E-state index contributed by atoms with van der Waals surface area (Å²) in [6.07, 6.45) is 4.95. The van der Waals surface area contributed by atoms with Crippen molar-refractivity contribution in [3.8, 4) is 0 Å². The predicted molar refractivity (Wildman–Crippen MR) is 91.0 cm³/mol. The van der Waals surface area contributed by atoms with Crippen LogP contribution in [0.5, 0.6) is 0 Å². The molecule has 1 aromatic rings. The number of carbonyl (C=O) groups is 3. The van der Waals surface area contributed by atoms with E-state index in [1.165, 1.54) is 12.8 Å². The second-order valence-corrected chi connectivity index (χ2v) is 6.31. The first-order valence-electron chi connectivity index (χ1n) is 8.45. The van der Waals surface area contributed by atoms with Crippen molar-refractivity contribution in [2.24, 2.45) is 11.8 Å². The maximum atomic E-state index is 12.5. The second-order valence-electron chi connectivity index (χ2n) is 6.31. The van der Waals surface area contributed by atoms with Gasteiger partial charge < -0.3 is 10.6 Å². The maximum absolute atomic E-state index is 12.5. The van der Waals surface area contributed by atoms with Gasteiger partial charge in [-0.25, -0.2) is 4.79 Å². The highest BCUT2D eigenvalue weighted by Crippen LogP contribution is 2.35. The minimum Gasteiger partial charge on any atom is -0.349 e. The third-order valence-electron chi connectivity index (χ3n) is 4.53. The Morgan fingerprint density at radius 1 is 1.21 bits per heavy atom. The number of rotatable bonds is 7. The van der Waals surface area contributed by atoms with E-state index in [-0.39, 0.29) is 24.4 Å². The van der Waals surface area contributed by atoms with Crippen LogP contribution in [0.3, 0.4) is 0 Å². The van der Waals surface area contributed by atoms with Crippen LogP contribution in [0.25, 0.3) is 0 Å². The normalized spacial score (nSPS) is 16.9. The van der Waals surface area contributed by atoms with Crippen LogP contribution in [0, 0.1) is 11.8 Å². The molecular formula is C18H25N3O3. The zero-order valence-corrected chi connectivity index (χ0v) is 14.0. The summed E-state index contributed by atoms with van der Waals surface area (Å²) in [6, 6.07) is 9.44. The number of hydrogen-bond acceptors (Lipinski definition) is 3. The molecule has 0 aromatic heterocycles. The lowest BCUT2D eigenvalue weighted by molar-refractivity contribution is -0.125. The third-order valence-corrected chi connectivity index (χ3v) is 4.53. The Bertz CT molecular complexity index is 556. The Hall–Kier alpha value is -2.37. The summed E-state index contributed by atoms with van der Waals surface area (Å²) in [5.41, 5.74) is 1.12. The summed E-state index contributed by atoms with van der Waals surface area (Å²) in [5.74, 6) is -0.0213. The minimum absolute atomic E-state index is 0.00690. The zero-order chi connectivity index (χ0) is 17.4. The molecule has 0 heterocycles. The first kappa shape index (κ1) is 18.0. The average Bonchev–Trinajstić information content (AvgIpc) is 3.12. The molecule has 3 N–H and O–H groups in total. The molecule has 24 heavy (non-hydrogen) atoms. The maximum Gasteiger partial charge on any atom is 0.321 e. The molecule has 1 aliphatic carbocycles. The summed E-state index contributed by atoms with van der Waals surface area (Å²) >= 11 is 0. The molecular weight excluding hydrogens is 306 g/mol. The summed E-state index contributed by atoms with van der Waals surface area (Å²) < 4.78 is 0. The minimum atomic E-state index is -0.597. The monoisotopic (exact) mass is 331 g/mol. The van der Waals surface area contributed by atoms with Gasteiger partial charge in [0.05, 0.1) is 12.0 Å². The molecule has 130 valence electrons. The van der Waals surface area contributed by atoms with Crippen LogP contribution in [0.2, 0.25) is 0 Å². The average molecular weight is 331 g/mol. The fraction of sp³-hybridized carbons (Fsp3) is 0.500. The van der Waals surface area contributed by atoms with Crippen molar-refractivity contribution in [2.75, 3.05) is 6.54 Å². The summed E-state index contributed by atoms with van der Waals surface area (Å²) in [6.45, 7) is 1.94. The van der Waals surface area contributed by atoms with Crippen LogP contribution in [-0.2, 0) is 9.59 Å². The molecule has 2 atom stereocenters. The molecule has 1 fully saturated rings. The molecule has 6 heteroatoms. The van der Waals surface area contributed by atoms with Crippen LogP contribution in [0.1, 0.15) is 44.2 Å². The Labute approximate surface area is 142 Å². The van der Waals surface area contributed by atoms with Gasteiger partial charge in [-0.15, -0.1) is 0 Å². The van der Waals surface area contributed by atoms with Crippen molar-refractivity contribution < 1.29 is 14.4 Å². The van der Waals surface area contributed by atoms with E-state index in [1.807, 2.05) is 35.6 Å². The smallest absolute Gasteiger partial charge is 0.321 e. The van der Waals surface area contributed by atoms with Gasteiger partial charge in [-0.05, 0) is 24.3 Å². The van der Waals surface area contributed by atoms with Crippen LogP contribution in [-0.4, -0.2) is 24.9 Å². The zero-order valence-electron chi connectivity index (χ0n) is 14.0. The molecule has 0 saturated heterocycles. The largest absolute Gasteiger partial charge is 0.349 e. The van der Waals surface area contributed by atoms with Crippen molar-refractivity contribution in [1.82, 2.24) is 16.0 Å². The Kier molecular flexibility index (Phi) is 6.78. The topological polar surface area (TPSA) is 87.3 Å². The number of urea groups is 1. The SMILES string of the molecule is C[C@@H](CNC(=O)NC=O)C(=O)NC(c1ccccc1)C1CCCC1. The van der Waals surface area contributed by atoms with E-state index in [4.69, 9.17) is 0 Å². The fourth-order valence-corrected chi connectivity index (χ4v) is 3.16. The van der Waals surface area contributed by atoms with Crippen LogP contribution < -0.4 is 16.0 Å². The molecule has 6 nitrogen and oxygen atoms in total. The third kappa shape index (κ3) is 5.08. The Morgan fingerprint density at radius 2 is 1.88 bits per heavy atom.